The maximum absolute atomic E-state index is 11.1. The molecule has 35 heavy (non-hydrogen) atoms. The first-order valence-electron chi connectivity index (χ1n) is 11.9. The Balaban J connectivity index is 1.74. The highest BCUT2D eigenvalue weighted by Crippen LogP contribution is 2.36. The standard InChI is InChI=1S/C29H29ClN2O3/c1-3-8-21-13-15-22(16-14-21)32-27(23-9-4-6-11-25(23)30)19-26(31-32)24-10-5-7-12-28(24)35-18-17-20(2)29(33)34/h4-7,9-16,19-20H,3,8,17-18H2,1-2H3,(H,33,34)/t20-/m1/s1. The van der Waals surface area contributed by atoms with Crippen molar-refractivity contribution in [2.45, 2.75) is 33.1 Å². The topological polar surface area (TPSA) is 64.4 Å². The van der Waals surface area contributed by atoms with Gasteiger partial charge in [-0.3, -0.25) is 4.79 Å². The van der Waals surface area contributed by atoms with Crippen LogP contribution in [0.5, 0.6) is 5.75 Å². The number of carboxylic acid groups (broad SMARTS) is 1. The van der Waals surface area contributed by atoms with Gasteiger partial charge in [-0.25, -0.2) is 4.68 Å². The normalized spacial score (nSPS) is 11.9. The van der Waals surface area contributed by atoms with Gasteiger partial charge in [-0.15, -0.1) is 0 Å². The molecule has 0 saturated heterocycles. The number of ether oxygens (including phenoxy) is 1. The van der Waals surface area contributed by atoms with Gasteiger partial charge in [-0.2, -0.15) is 5.10 Å². The van der Waals surface area contributed by atoms with Gasteiger partial charge in [0.2, 0.25) is 0 Å². The molecule has 0 aliphatic carbocycles. The molecule has 0 aliphatic heterocycles. The Morgan fingerprint density at radius 3 is 2.40 bits per heavy atom. The largest absolute Gasteiger partial charge is 0.493 e. The van der Waals surface area contributed by atoms with Crippen molar-refractivity contribution in [2.24, 2.45) is 5.92 Å². The minimum absolute atomic E-state index is 0.307. The predicted octanol–water partition coefficient (Wildman–Crippen LogP) is 7.30. The van der Waals surface area contributed by atoms with Crippen LogP contribution >= 0.6 is 11.6 Å². The molecule has 1 N–H and O–H groups in total. The van der Waals surface area contributed by atoms with Crippen LogP contribution in [-0.2, 0) is 11.2 Å². The van der Waals surface area contributed by atoms with Crippen molar-refractivity contribution in [1.29, 1.82) is 0 Å². The fraction of sp³-hybridized carbons (Fsp3) is 0.241. The van der Waals surface area contributed by atoms with E-state index in [1.165, 1.54) is 5.56 Å². The Kier molecular flexibility index (Phi) is 7.88. The van der Waals surface area contributed by atoms with Gasteiger partial charge in [-0.1, -0.05) is 74.3 Å². The zero-order chi connectivity index (χ0) is 24.8. The molecule has 1 heterocycles. The number of carboxylic acids is 1. The molecule has 0 spiro atoms. The smallest absolute Gasteiger partial charge is 0.306 e. The van der Waals surface area contributed by atoms with Crippen molar-refractivity contribution in [2.75, 3.05) is 6.61 Å². The molecule has 1 atom stereocenters. The molecule has 6 heteroatoms. The third-order valence-corrected chi connectivity index (χ3v) is 6.30. The van der Waals surface area contributed by atoms with Gasteiger partial charge in [0.05, 0.1) is 29.6 Å². The lowest BCUT2D eigenvalue weighted by Crippen LogP contribution is -2.13. The number of para-hydroxylation sites is 1. The van der Waals surface area contributed by atoms with E-state index in [4.69, 9.17) is 26.5 Å². The molecule has 0 bridgehead atoms. The highest BCUT2D eigenvalue weighted by Gasteiger charge is 2.18. The van der Waals surface area contributed by atoms with Crippen LogP contribution in [-0.4, -0.2) is 27.5 Å². The molecule has 4 aromatic rings. The number of nitrogens with zero attached hydrogens (tertiary/aromatic N) is 2. The quantitative estimate of drug-likeness (QED) is 0.254. The van der Waals surface area contributed by atoms with E-state index < -0.39 is 11.9 Å². The molecule has 4 rings (SSSR count). The second-order valence-electron chi connectivity index (χ2n) is 8.60. The van der Waals surface area contributed by atoms with Crippen LogP contribution in [0.4, 0.5) is 0 Å². The molecule has 0 saturated carbocycles. The summed E-state index contributed by atoms with van der Waals surface area (Å²) in [5.74, 6) is -0.627. The second kappa shape index (κ2) is 11.2. The van der Waals surface area contributed by atoms with Gasteiger partial charge >= 0.3 is 5.97 Å². The maximum atomic E-state index is 11.1. The van der Waals surface area contributed by atoms with E-state index >= 15 is 0 Å². The van der Waals surface area contributed by atoms with Crippen LogP contribution in [0.3, 0.4) is 0 Å². The summed E-state index contributed by atoms with van der Waals surface area (Å²) in [4.78, 5) is 11.1. The van der Waals surface area contributed by atoms with Crippen molar-refractivity contribution in [3.8, 4) is 34.0 Å². The summed E-state index contributed by atoms with van der Waals surface area (Å²) >= 11 is 6.58. The van der Waals surface area contributed by atoms with Crippen LogP contribution in [0.15, 0.2) is 78.9 Å². The van der Waals surface area contributed by atoms with Crippen LogP contribution < -0.4 is 4.74 Å². The summed E-state index contributed by atoms with van der Waals surface area (Å²) in [6.07, 6.45) is 2.55. The predicted molar refractivity (Wildman–Crippen MR) is 140 cm³/mol. The zero-order valence-electron chi connectivity index (χ0n) is 19.9. The Labute approximate surface area is 211 Å². The van der Waals surface area contributed by atoms with Gasteiger partial charge in [0.15, 0.2) is 0 Å². The van der Waals surface area contributed by atoms with Crippen molar-refractivity contribution < 1.29 is 14.6 Å². The summed E-state index contributed by atoms with van der Waals surface area (Å²) in [6, 6.07) is 25.9. The van der Waals surface area contributed by atoms with Crippen molar-refractivity contribution in [1.82, 2.24) is 9.78 Å². The Morgan fingerprint density at radius 2 is 1.71 bits per heavy atom. The van der Waals surface area contributed by atoms with Crippen molar-refractivity contribution in [3.63, 3.8) is 0 Å². The van der Waals surface area contributed by atoms with Gasteiger partial charge in [0.25, 0.3) is 0 Å². The number of aryl methyl sites for hydroxylation is 1. The lowest BCUT2D eigenvalue weighted by Gasteiger charge is -2.11. The average Bonchev–Trinajstić information content (AvgIpc) is 3.30. The average molecular weight is 489 g/mol. The molecule has 1 aromatic heterocycles. The van der Waals surface area contributed by atoms with Crippen LogP contribution in [0.1, 0.15) is 32.3 Å². The molecule has 0 amide bonds. The summed E-state index contributed by atoms with van der Waals surface area (Å²) < 4.78 is 7.91. The fourth-order valence-corrected chi connectivity index (χ4v) is 4.17. The number of aliphatic carboxylic acids is 1. The monoisotopic (exact) mass is 488 g/mol. The molecule has 180 valence electrons. The summed E-state index contributed by atoms with van der Waals surface area (Å²) in [5, 5.41) is 14.8. The lowest BCUT2D eigenvalue weighted by atomic mass is 10.1. The second-order valence-corrected chi connectivity index (χ2v) is 9.00. The number of benzene rings is 3. The van der Waals surface area contributed by atoms with E-state index in [1.54, 1.807) is 6.92 Å². The zero-order valence-corrected chi connectivity index (χ0v) is 20.7. The van der Waals surface area contributed by atoms with E-state index in [0.29, 0.717) is 23.8 Å². The van der Waals surface area contributed by atoms with E-state index in [9.17, 15) is 4.79 Å². The number of carbonyl (C=O) groups is 1. The minimum Gasteiger partial charge on any atom is -0.493 e. The third-order valence-electron chi connectivity index (χ3n) is 5.97. The van der Waals surface area contributed by atoms with Gasteiger partial charge in [0, 0.05) is 16.1 Å². The SMILES string of the molecule is CCCc1ccc(-n2nc(-c3ccccc3OCC[C@@H](C)C(=O)O)cc2-c2ccccc2Cl)cc1. The molecular formula is C29H29ClN2O3. The van der Waals surface area contributed by atoms with E-state index in [0.717, 1.165) is 41.0 Å². The van der Waals surface area contributed by atoms with Gasteiger partial charge in [0.1, 0.15) is 5.75 Å². The van der Waals surface area contributed by atoms with Gasteiger partial charge in [-0.05, 0) is 54.8 Å². The summed E-state index contributed by atoms with van der Waals surface area (Å²) in [6.45, 7) is 4.16. The number of rotatable bonds is 10. The minimum atomic E-state index is -0.824. The lowest BCUT2D eigenvalue weighted by molar-refractivity contribution is -0.141. The Morgan fingerprint density at radius 1 is 1.03 bits per heavy atom. The maximum Gasteiger partial charge on any atom is 0.306 e. The molecule has 0 fully saturated rings. The molecule has 3 aromatic carbocycles. The van der Waals surface area contributed by atoms with Crippen LogP contribution in [0.2, 0.25) is 5.02 Å². The highest BCUT2D eigenvalue weighted by atomic mass is 35.5. The van der Waals surface area contributed by atoms with E-state index in [2.05, 4.69) is 31.2 Å². The highest BCUT2D eigenvalue weighted by molar-refractivity contribution is 6.33. The van der Waals surface area contributed by atoms with Crippen LogP contribution in [0, 0.1) is 5.92 Å². The first kappa shape index (κ1) is 24.6. The molecule has 0 unspecified atom stereocenters. The van der Waals surface area contributed by atoms with Gasteiger partial charge < -0.3 is 9.84 Å². The number of aromatic nitrogens is 2. The molecular weight excluding hydrogens is 460 g/mol. The Hall–Kier alpha value is -3.57. The van der Waals surface area contributed by atoms with E-state index in [1.807, 2.05) is 59.3 Å². The first-order chi connectivity index (χ1) is 17.0. The fourth-order valence-electron chi connectivity index (χ4n) is 3.94. The molecule has 0 aliphatic rings. The number of hydrogen-bond acceptors (Lipinski definition) is 3. The van der Waals surface area contributed by atoms with E-state index in [-0.39, 0.29) is 0 Å². The van der Waals surface area contributed by atoms with Crippen molar-refractivity contribution in [3.05, 3.63) is 89.4 Å². The summed E-state index contributed by atoms with van der Waals surface area (Å²) in [7, 11) is 0. The molecule has 5 nitrogen and oxygen atoms in total. The first-order valence-corrected chi connectivity index (χ1v) is 12.2. The Bertz CT molecular complexity index is 1300. The van der Waals surface area contributed by atoms with Crippen LogP contribution in [0.25, 0.3) is 28.2 Å². The summed E-state index contributed by atoms with van der Waals surface area (Å²) in [5.41, 5.74) is 5.59. The number of halogens is 1. The van der Waals surface area contributed by atoms with Crippen molar-refractivity contribution >= 4 is 17.6 Å². The third kappa shape index (κ3) is 5.75. The molecule has 0 radical (unpaired) electrons. The number of hydrogen-bond donors (Lipinski definition) is 1.